The summed E-state index contributed by atoms with van der Waals surface area (Å²) in [6, 6.07) is 14.5. The first kappa shape index (κ1) is 21.8. The molecule has 1 aliphatic rings. The van der Waals surface area contributed by atoms with Crippen LogP contribution < -0.4 is 10.6 Å². The predicted octanol–water partition coefficient (Wildman–Crippen LogP) is 5.18. The minimum atomic E-state index is -0.329. The summed E-state index contributed by atoms with van der Waals surface area (Å²) < 4.78 is 0. The maximum atomic E-state index is 12.6. The maximum Gasteiger partial charge on any atom is 0.275 e. The van der Waals surface area contributed by atoms with Crippen LogP contribution in [0.25, 0.3) is 22.4 Å². The monoisotopic (exact) mass is 454 g/mol. The van der Waals surface area contributed by atoms with Crippen LogP contribution in [0.4, 0.5) is 11.5 Å². The zero-order chi connectivity index (χ0) is 23.3. The van der Waals surface area contributed by atoms with Gasteiger partial charge >= 0.3 is 0 Å². The SMILES string of the molecule is O=C(Nc1cc2nc(-c3ccc(NC(=O)C4CCCCCC4)cc3)[nH]c2cn1)c1ccccn1. The molecule has 3 heterocycles. The van der Waals surface area contributed by atoms with Crippen LogP contribution in [0.1, 0.15) is 49.0 Å². The molecular weight excluding hydrogens is 428 g/mol. The first-order valence-corrected chi connectivity index (χ1v) is 11.7. The van der Waals surface area contributed by atoms with Crippen molar-refractivity contribution < 1.29 is 9.59 Å². The van der Waals surface area contributed by atoms with E-state index in [9.17, 15) is 9.59 Å². The highest BCUT2D eigenvalue weighted by Gasteiger charge is 2.20. The fourth-order valence-corrected chi connectivity index (χ4v) is 4.29. The second-order valence-electron chi connectivity index (χ2n) is 8.60. The Morgan fingerprint density at radius 2 is 1.71 bits per heavy atom. The van der Waals surface area contributed by atoms with Crippen molar-refractivity contribution in [3.63, 3.8) is 0 Å². The summed E-state index contributed by atoms with van der Waals surface area (Å²) >= 11 is 0. The van der Waals surface area contributed by atoms with Crippen molar-refractivity contribution in [3.8, 4) is 11.4 Å². The van der Waals surface area contributed by atoms with E-state index in [0.717, 1.165) is 42.5 Å². The third kappa shape index (κ3) is 4.96. The number of carbonyl (C=O) groups is 2. The van der Waals surface area contributed by atoms with Gasteiger partial charge in [-0.05, 0) is 49.2 Å². The molecule has 3 N–H and O–H groups in total. The van der Waals surface area contributed by atoms with E-state index < -0.39 is 0 Å². The summed E-state index contributed by atoms with van der Waals surface area (Å²) in [4.78, 5) is 41.2. The van der Waals surface area contributed by atoms with Gasteiger partial charge in [-0.2, -0.15) is 0 Å². The van der Waals surface area contributed by atoms with Crippen LogP contribution in [0.2, 0.25) is 0 Å². The molecule has 0 unspecified atom stereocenters. The molecule has 8 heteroatoms. The number of carbonyl (C=O) groups excluding carboxylic acids is 2. The Hall–Kier alpha value is -4.07. The van der Waals surface area contributed by atoms with Gasteiger partial charge in [0.15, 0.2) is 0 Å². The highest BCUT2D eigenvalue weighted by atomic mass is 16.2. The number of nitrogens with one attached hydrogen (secondary N) is 3. The summed E-state index contributed by atoms with van der Waals surface area (Å²) in [6.45, 7) is 0. The van der Waals surface area contributed by atoms with Crippen LogP contribution in [0, 0.1) is 5.92 Å². The summed E-state index contributed by atoms with van der Waals surface area (Å²) in [5, 5.41) is 5.81. The van der Waals surface area contributed by atoms with Crippen molar-refractivity contribution in [1.82, 2.24) is 19.9 Å². The number of H-pyrrole nitrogens is 1. The number of imidazole rings is 1. The number of hydrogen-bond donors (Lipinski definition) is 3. The summed E-state index contributed by atoms with van der Waals surface area (Å²) in [7, 11) is 0. The van der Waals surface area contributed by atoms with Crippen LogP contribution in [0.3, 0.4) is 0 Å². The molecule has 3 aromatic heterocycles. The summed E-state index contributed by atoms with van der Waals surface area (Å²) in [6.07, 6.45) is 9.87. The standard InChI is InChI=1S/C26H26N6O2/c33-25(18-7-3-1-2-4-8-18)29-19-12-10-17(11-13-19)24-30-21-15-23(28-16-22(21)31-24)32-26(34)20-9-5-6-14-27-20/h5-6,9-16,18H,1-4,7-8H2,(H,29,33)(H,30,31)(H,28,32,34). The van der Waals surface area contributed by atoms with Crippen molar-refractivity contribution >= 4 is 34.4 Å². The molecule has 0 radical (unpaired) electrons. The van der Waals surface area contributed by atoms with Gasteiger partial charge in [0.05, 0.1) is 17.2 Å². The molecule has 2 amide bonds. The van der Waals surface area contributed by atoms with Gasteiger partial charge in [-0.1, -0.05) is 31.7 Å². The Labute approximate surface area is 197 Å². The second-order valence-corrected chi connectivity index (χ2v) is 8.60. The van der Waals surface area contributed by atoms with Crippen LogP contribution in [0.5, 0.6) is 0 Å². The molecule has 172 valence electrons. The smallest absolute Gasteiger partial charge is 0.275 e. The van der Waals surface area contributed by atoms with E-state index in [0.29, 0.717) is 22.9 Å². The van der Waals surface area contributed by atoms with E-state index >= 15 is 0 Å². The van der Waals surface area contributed by atoms with Gasteiger partial charge in [-0.3, -0.25) is 14.6 Å². The number of fused-ring (bicyclic) bond motifs is 1. The van der Waals surface area contributed by atoms with Crippen molar-refractivity contribution in [2.45, 2.75) is 38.5 Å². The normalized spacial score (nSPS) is 14.5. The molecule has 1 fully saturated rings. The molecule has 0 atom stereocenters. The number of hydrogen-bond acceptors (Lipinski definition) is 5. The number of benzene rings is 1. The number of aromatic amines is 1. The minimum Gasteiger partial charge on any atom is -0.337 e. The van der Waals surface area contributed by atoms with E-state index in [2.05, 4.69) is 30.6 Å². The van der Waals surface area contributed by atoms with Gasteiger partial charge < -0.3 is 15.6 Å². The molecular formula is C26H26N6O2. The van der Waals surface area contributed by atoms with Crippen LogP contribution in [-0.4, -0.2) is 31.8 Å². The number of aromatic nitrogens is 4. The molecule has 0 saturated heterocycles. The number of anilines is 2. The van der Waals surface area contributed by atoms with E-state index in [1.165, 1.54) is 12.8 Å². The lowest BCUT2D eigenvalue weighted by Crippen LogP contribution is -2.22. The molecule has 1 aliphatic carbocycles. The predicted molar refractivity (Wildman–Crippen MR) is 131 cm³/mol. The lowest BCUT2D eigenvalue weighted by molar-refractivity contribution is -0.120. The second kappa shape index (κ2) is 9.82. The Kier molecular flexibility index (Phi) is 6.29. The zero-order valence-electron chi connectivity index (χ0n) is 18.8. The average molecular weight is 455 g/mol. The molecule has 0 bridgehead atoms. The molecule has 5 rings (SSSR count). The molecule has 0 aliphatic heterocycles. The third-order valence-corrected chi connectivity index (χ3v) is 6.16. The fourth-order valence-electron chi connectivity index (χ4n) is 4.29. The van der Waals surface area contributed by atoms with Crippen LogP contribution in [0.15, 0.2) is 60.9 Å². The zero-order valence-corrected chi connectivity index (χ0v) is 18.8. The fraction of sp³-hybridized carbons (Fsp3) is 0.269. The highest BCUT2D eigenvalue weighted by Crippen LogP contribution is 2.26. The first-order chi connectivity index (χ1) is 16.7. The van der Waals surface area contributed by atoms with Gasteiger partial charge in [0.1, 0.15) is 17.3 Å². The minimum absolute atomic E-state index is 0.109. The highest BCUT2D eigenvalue weighted by molar-refractivity contribution is 6.02. The Bertz CT molecular complexity index is 1290. The van der Waals surface area contributed by atoms with Crippen LogP contribution >= 0.6 is 0 Å². The van der Waals surface area contributed by atoms with Crippen molar-refractivity contribution in [2.75, 3.05) is 10.6 Å². The third-order valence-electron chi connectivity index (χ3n) is 6.16. The number of nitrogens with zero attached hydrogens (tertiary/aromatic N) is 3. The lowest BCUT2D eigenvalue weighted by atomic mass is 9.99. The lowest BCUT2D eigenvalue weighted by Gasteiger charge is -2.14. The largest absolute Gasteiger partial charge is 0.337 e. The Balaban J connectivity index is 1.27. The molecule has 34 heavy (non-hydrogen) atoms. The van der Waals surface area contributed by atoms with Crippen LogP contribution in [-0.2, 0) is 4.79 Å². The van der Waals surface area contributed by atoms with Gasteiger partial charge in [0.25, 0.3) is 5.91 Å². The molecule has 8 nitrogen and oxygen atoms in total. The van der Waals surface area contributed by atoms with Gasteiger partial charge in [0, 0.05) is 29.4 Å². The van der Waals surface area contributed by atoms with Gasteiger partial charge in [-0.25, -0.2) is 9.97 Å². The quantitative estimate of drug-likeness (QED) is 0.360. The topological polar surface area (TPSA) is 113 Å². The maximum absolute atomic E-state index is 12.6. The molecule has 1 aromatic carbocycles. The Morgan fingerprint density at radius 1 is 0.912 bits per heavy atom. The van der Waals surface area contributed by atoms with Gasteiger partial charge in [-0.15, -0.1) is 0 Å². The Morgan fingerprint density at radius 3 is 2.44 bits per heavy atom. The molecule has 1 saturated carbocycles. The van der Waals surface area contributed by atoms with Crippen molar-refractivity contribution in [1.29, 1.82) is 0 Å². The van der Waals surface area contributed by atoms with E-state index in [4.69, 9.17) is 0 Å². The molecule has 0 spiro atoms. The van der Waals surface area contributed by atoms with E-state index in [-0.39, 0.29) is 17.7 Å². The number of amides is 2. The van der Waals surface area contributed by atoms with Crippen molar-refractivity contribution in [3.05, 3.63) is 66.6 Å². The molecule has 4 aromatic rings. The van der Waals surface area contributed by atoms with E-state index in [1.807, 2.05) is 24.3 Å². The van der Waals surface area contributed by atoms with Gasteiger partial charge in [0.2, 0.25) is 5.91 Å². The first-order valence-electron chi connectivity index (χ1n) is 11.7. The number of rotatable bonds is 5. The van der Waals surface area contributed by atoms with E-state index in [1.54, 1.807) is 36.7 Å². The number of pyridine rings is 2. The summed E-state index contributed by atoms with van der Waals surface area (Å²) in [5.74, 6) is 0.983. The average Bonchev–Trinajstić information content (AvgIpc) is 3.09. The summed E-state index contributed by atoms with van der Waals surface area (Å²) in [5.41, 5.74) is 3.44. The van der Waals surface area contributed by atoms with Crippen molar-refractivity contribution in [2.24, 2.45) is 5.92 Å².